The van der Waals surface area contributed by atoms with Crippen LogP contribution in [-0.2, 0) is 9.59 Å². The van der Waals surface area contributed by atoms with Crippen molar-refractivity contribution in [1.29, 1.82) is 0 Å². The molecule has 0 aliphatic rings. The van der Waals surface area contributed by atoms with Gasteiger partial charge in [-0.15, -0.1) is 0 Å². The molecule has 0 spiro atoms. The van der Waals surface area contributed by atoms with Gasteiger partial charge in [-0.3, -0.25) is 14.4 Å². The van der Waals surface area contributed by atoms with Crippen molar-refractivity contribution in [1.82, 2.24) is 0 Å². The number of ketones is 1. The third kappa shape index (κ3) is 4.95. The zero-order chi connectivity index (χ0) is 17.5. The lowest BCUT2D eigenvalue weighted by molar-refractivity contribution is -0.124. The summed E-state index contributed by atoms with van der Waals surface area (Å²) >= 11 is 0. The summed E-state index contributed by atoms with van der Waals surface area (Å²) in [7, 11) is 1.56. The predicted octanol–water partition coefficient (Wildman–Crippen LogP) is 2.87. The molecular formula is C18H18N2O4. The van der Waals surface area contributed by atoms with Gasteiger partial charge in [-0.05, 0) is 43.3 Å². The van der Waals surface area contributed by atoms with Crippen LogP contribution in [0.2, 0.25) is 0 Å². The molecule has 2 rings (SSSR count). The summed E-state index contributed by atoms with van der Waals surface area (Å²) in [6, 6.07) is 13.5. The SMILES string of the molecule is COc1cccc(NC(=O)c2ccc(NC(=O)CC(C)=O)cc2)c1. The van der Waals surface area contributed by atoms with E-state index in [1.165, 1.54) is 6.92 Å². The average Bonchev–Trinajstić information content (AvgIpc) is 2.54. The van der Waals surface area contributed by atoms with Crippen molar-refractivity contribution in [2.75, 3.05) is 17.7 Å². The third-order valence-electron chi connectivity index (χ3n) is 3.17. The van der Waals surface area contributed by atoms with E-state index < -0.39 is 0 Å². The van der Waals surface area contributed by atoms with Gasteiger partial charge in [0.25, 0.3) is 5.91 Å². The minimum absolute atomic E-state index is 0.169. The summed E-state index contributed by atoms with van der Waals surface area (Å²) in [4.78, 5) is 34.6. The molecule has 0 bridgehead atoms. The molecule has 2 amide bonds. The van der Waals surface area contributed by atoms with E-state index in [4.69, 9.17) is 4.74 Å². The Morgan fingerprint density at radius 3 is 2.29 bits per heavy atom. The highest BCUT2D eigenvalue weighted by Gasteiger charge is 2.09. The van der Waals surface area contributed by atoms with Crippen LogP contribution < -0.4 is 15.4 Å². The van der Waals surface area contributed by atoms with Crippen molar-refractivity contribution in [3.63, 3.8) is 0 Å². The Bertz CT molecular complexity index is 754. The highest BCUT2D eigenvalue weighted by molar-refractivity contribution is 6.05. The van der Waals surface area contributed by atoms with Crippen molar-refractivity contribution in [2.45, 2.75) is 13.3 Å². The van der Waals surface area contributed by atoms with Crippen molar-refractivity contribution < 1.29 is 19.1 Å². The number of anilines is 2. The number of nitrogens with one attached hydrogen (secondary N) is 2. The molecule has 2 N–H and O–H groups in total. The number of carbonyl (C=O) groups excluding carboxylic acids is 3. The monoisotopic (exact) mass is 326 g/mol. The van der Waals surface area contributed by atoms with Gasteiger partial charge in [0.15, 0.2) is 0 Å². The summed E-state index contributed by atoms with van der Waals surface area (Å²) < 4.78 is 5.11. The first-order valence-electron chi connectivity index (χ1n) is 7.32. The van der Waals surface area contributed by atoms with Crippen LogP contribution in [-0.4, -0.2) is 24.7 Å². The lowest BCUT2D eigenvalue weighted by Crippen LogP contribution is -2.15. The first kappa shape index (κ1) is 17.2. The number of hydrogen-bond acceptors (Lipinski definition) is 4. The summed E-state index contributed by atoms with van der Waals surface area (Å²) in [5, 5.41) is 5.36. The molecule has 6 nitrogen and oxygen atoms in total. The molecule has 0 atom stereocenters. The highest BCUT2D eigenvalue weighted by Crippen LogP contribution is 2.18. The molecule has 6 heteroatoms. The van der Waals surface area contributed by atoms with Crippen LogP contribution in [0.3, 0.4) is 0 Å². The van der Waals surface area contributed by atoms with Gasteiger partial charge in [0, 0.05) is 23.0 Å². The molecule has 2 aromatic rings. The van der Waals surface area contributed by atoms with Crippen LogP contribution in [0, 0.1) is 0 Å². The molecule has 0 radical (unpaired) electrons. The zero-order valence-corrected chi connectivity index (χ0v) is 13.5. The van der Waals surface area contributed by atoms with Crippen molar-refractivity contribution in [3.8, 4) is 5.75 Å². The second-order valence-corrected chi connectivity index (χ2v) is 5.19. The van der Waals surface area contributed by atoms with E-state index in [0.29, 0.717) is 22.7 Å². The second-order valence-electron chi connectivity index (χ2n) is 5.19. The zero-order valence-electron chi connectivity index (χ0n) is 13.5. The van der Waals surface area contributed by atoms with E-state index in [-0.39, 0.29) is 24.0 Å². The summed E-state index contributed by atoms with van der Waals surface area (Å²) in [6.45, 7) is 1.35. The molecule has 0 aliphatic heterocycles. The fourth-order valence-corrected chi connectivity index (χ4v) is 2.04. The summed E-state index contributed by atoms with van der Waals surface area (Å²) in [5.74, 6) is -0.209. The van der Waals surface area contributed by atoms with E-state index >= 15 is 0 Å². The van der Waals surface area contributed by atoms with E-state index in [9.17, 15) is 14.4 Å². The van der Waals surface area contributed by atoms with E-state index in [0.717, 1.165) is 0 Å². The molecule has 2 aromatic carbocycles. The van der Waals surface area contributed by atoms with Crippen molar-refractivity contribution in [2.24, 2.45) is 0 Å². The van der Waals surface area contributed by atoms with Gasteiger partial charge in [-0.25, -0.2) is 0 Å². The fourth-order valence-electron chi connectivity index (χ4n) is 2.04. The predicted molar refractivity (Wildman–Crippen MR) is 91.3 cm³/mol. The van der Waals surface area contributed by atoms with Gasteiger partial charge in [-0.2, -0.15) is 0 Å². The van der Waals surface area contributed by atoms with Crippen LogP contribution in [0.15, 0.2) is 48.5 Å². The number of carbonyl (C=O) groups is 3. The summed E-state index contributed by atoms with van der Waals surface area (Å²) in [6.07, 6.45) is -0.169. The van der Waals surface area contributed by atoms with Crippen molar-refractivity contribution >= 4 is 29.0 Å². The molecule has 0 saturated heterocycles. The van der Waals surface area contributed by atoms with E-state index in [2.05, 4.69) is 10.6 Å². The topological polar surface area (TPSA) is 84.5 Å². The number of ether oxygens (including phenoxy) is 1. The molecule has 0 aliphatic carbocycles. The standard InChI is InChI=1S/C18H18N2O4/c1-12(21)10-17(22)19-14-8-6-13(7-9-14)18(23)20-15-4-3-5-16(11-15)24-2/h3-9,11H,10H2,1-2H3,(H,19,22)(H,20,23). The molecule has 0 heterocycles. The van der Waals surface area contributed by atoms with Crippen LogP contribution in [0.5, 0.6) is 5.75 Å². The Hall–Kier alpha value is -3.15. The quantitative estimate of drug-likeness (QED) is 0.799. The van der Waals surface area contributed by atoms with Gasteiger partial charge in [0.05, 0.1) is 13.5 Å². The van der Waals surface area contributed by atoms with E-state index in [1.807, 2.05) is 0 Å². The molecule has 0 fully saturated rings. The lowest BCUT2D eigenvalue weighted by Gasteiger charge is -2.08. The maximum Gasteiger partial charge on any atom is 0.255 e. The van der Waals surface area contributed by atoms with Gasteiger partial charge in [0.2, 0.25) is 5.91 Å². The molecule has 124 valence electrons. The molecular weight excluding hydrogens is 308 g/mol. The van der Waals surface area contributed by atoms with Crippen molar-refractivity contribution in [3.05, 3.63) is 54.1 Å². The fraction of sp³-hybridized carbons (Fsp3) is 0.167. The van der Waals surface area contributed by atoms with Crippen LogP contribution in [0.1, 0.15) is 23.7 Å². The average molecular weight is 326 g/mol. The number of Topliss-reactive ketones (excluding diaryl/α,β-unsaturated/α-hetero) is 1. The Morgan fingerprint density at radius 2 is 1.67 bits per heavy atom. The molecule has 0 saturated carbocycles. The number of rotatable bonds is 6. The Kier molecular flexibility index (Phi) is 5.68. The molecule has 24 heavy (non-hydrogen) atoms. The largest absolute Gasteiger partial charge is 0.497 e. The smallest absolute Gasteiger partial charge is 0.255 e. The van der Waals surface area contributed by atoms with Crippen LogP contribution in [0.4, 0.5) is 11.4 Å². The minimum Gasteiger partial charge on any atom is -0.497 e. The number of benzene rings is 2. The van der Waals surface area contributed by atoms with Gasteiger partial charge in [-0.1, -0.05) is 6.07 Å². The van der Waals surface area contributed by atoms with E-state index in [1.54, 1.807) is 55.6 Å². The van der Waals surface area contributed by atoms with Gasteiger partial charge >= 0.3 is 0 Å². The Morgan fingerprint density at radius 1 is 0.958 bits per heavy atom. The van der Waals surface area contributed by atoms with Crippen LogP contribution in [0.25, 0.3) is 0 Å². The van der Waals surface area contributed by atoms with Crippen LogP contribution >= 0.6 is 0 Å². The molecule has 0 unspecified atom stereocenters. The maximum atomic E-state index is 12.2. The third-order valence-corrected chi connectivity index (χ3v) is 3.17. The lowest BCUT2D eigenvalue weighted by atomic mass is 10.2. The second kappa shape index (κ2) is 7.92. The van der Waals surface area contributed by atoms with Gasteiger partial charge < -0.3 is 15.4 Å². The Balaban J connectivity index is 2.00. The summed E-state index contributed by atoms with van der Waals surface area (Å²) in [5.41, 5.74) is 1.60. The number of methoxy groups -OCH3 is 1. The Labute approximate surface area is 139 Å². The normalized spacial score (nSPS) is 9.92. The first-order chi connectivity index (χ1) is 11.5. The molecule has 0 aromatic heterocycles. The minimum atomic E-state index is -0.379. The number of amides is 2. The maximum absolute atomic E-state index is 12.2. The highest BCUT2D eigenvalue weighted by atomic mass is 16.5. The van der Waals surface area contributed by atoms with Gasteiger partial charge in [0.1, 0.15) is 11.5 Å². The first-order valence-corrected chi connectivity index (χ1v) is 7.32. The number of hydrogen-bond donors (Lipinski definition) is 2.